The highest BCUT2D eigenvalue weighted by molar-refractivity contribution is 7.09. The second-order valence-corrected chi connectivity index (χ2v) is 5.74. The SMILES string of the molecule is Cn1cnc(-c2ccc(NC(=O)NCc3cccs3)cc2)n1. The minimum atomic E-state index is -0.225. The molecule has 0 saturated heterocycles. The number of carbonyl (C=O) groups excluding carboxylic acids is 1. The summed E-state index contributed by atoms with van der Waals surface area (Å²) in [6.45, 7) is 0.527. The van der Waals surface area contributed by atoms with E-state index in [0.29, 0.717) is 12.4 Å². The van der Waals surface area contributed by atoms with Gasteiger partial charge in [0.05, 0.1) is 6.54 Å². The van der Waals surface area contributed by atoms with Crippen molar-refractivity contribution in [2.24, 2.45) is 7.05 Å². The van der Waals surface area contributed by atoms with E-state index in [0.717, 1.165) is 16.1 Å². The number of nitrogens with zero attached hydrogens (tertiary/aromatic N) is 3. The molecule has 1 aromatic carbocycles. The van der Waals surface area contributed by atoms with Crippen molar-refractivity contribution in [1.82, 2.24) is 20.1 Å². The van der Waals surface area contributed by atoms with Crippen LogP contribution in [0.2, 0.25) is 0 Å². The van der Waals surface area contributed by atoms with Crippen LogP contribution in [0.5, 0.6) is 0 Å². The van der Waals surface area contributed by atoms with Crippen molar-refractivity contribution in [3.05, 3.63) is 53.0 Å². The molecule has 0 aliphatic heterocycles. The number of aromatic nitrogens is 3. The van der Waals surface area contributed by atoms with E-state index in [1.165, 1.54) is 0 Å². The Morgan fingerprint density at radius 2 is 2.09 bits per heavy atom. The Morgan fingerprint density at radius 1 is 1.27 bits per heavy atom. The van der Waals surface area contributed by atoms with Gasteiger partial charge >= 0.3 is 6.03 Å². The second kappa shape index (κ2) is 6.40. The fourth-order valence-electron chi connectivity index (χ4n) is 1.93. The number of amides is 2. The van der Waals surface area contributed by atoms with Crippen molar-refractivity contribution in [3.8, 4) is 11.4 Å². The monoisotopic (exact) mass is 313 g/mol. The van der Waals surface area contributed by atoms with Gasteiger partial charge in [-0.1, -0.05) is 6.07 Å². The van der Waals surface area contributed by atoms with Crippen molar-refractivity contribution < 1.29 is 4.79 Å². The molecule has 0 fully saturated rings. The molecule has 0 bridgehead atoms. The third-order valence-corrected chi connectivity index (χ3v) is 3.88. The Labute approximate surface area is 131 Å². The summed E-state index contributed by atoms with van der Waals surface area (Å²) in [6, 6.07) is 11.1. The van der Waals surface area contributed by atoms with Crippen LogP contribution in [0, 0.1) is 0 Å². The molecule has 0 unspecified atom stereocenters. The predicted molar refractivity (Wildman–Crippen MR) is 86.6 cm³/mol. The number of nitrogens with one attached hydrogen (secondary N) is 2. The molecular weight excluding hydrogens is 298 g/mol. The average Bonchev–Trinajstić information content (AvgIpc) is 3.17. The van der Waals surface area contributed by atoms with Crippen LogP contribution in [0.15, 0.2) is 48.1 Å². The number of thiophene rings is 1. The van der Waals surface area contributed by atoms with Gasteiger partial charge in [0.25, 0.3) is 0 Å². The average molecular weight is 313 g/mol. The lowest BCUT2D eigenvalue weighted by molar-refractivity contribution is 0.252. The van der Waals surface area contributed by atoms with Crippen LogP contribution in [-0.4, -0.2) is 20.8 Å². The van der Waals surface area contributed by atoms with Crippen molar-refractivity contribution >= 4 is 23.1 Å². The molecule has 3 rings (SSSR count). The fourth-order valence-corrected chi connectivity index (χ4v) is 2.57. The van der Waals surface area contributed by atoms with Crippen LogP contribution >= 0.6 is 11.3 Å². The first-order valence-corrected chi connectivity index (χ1v) is 7.62. The van der Waals surface area contributed by atoms with Crippen molar-refractivity contribution in [3.63, 3.8) is 0 Å². The van der Waals surface area contributed by atoms with Gasteiger partial charge in [-0.15, -0.1) is 11.3 Å². The lowest BCUT2D eigenvalue weighted by atomic mass is 10.2. The molecule has 3 aromatic rings. The molecule has 22 heavy (non-hydrogen) atoms. The number of anilines is 1. The van der Waals surface area contributed by atoms with Gasteiger partial charge in [0.15, 0.2) is 5.82 Å². The molecule has 2 aromatic heterocycles. The third kappa shape index (κ3) is 3.50. The Hall–Kier alpha value is -2.67. The molecule has 0 radical (unpaired) electrons. The zero-order valence-corrected chi connectivity index (χ0v) is 12.8. The molecule has 0 saturated carbocycles. The summed E-state index contributed by atoms with van der Waals surface area (Å²) in [5.41, 5.74) is 1.63. The van der Waals surface area contributed by atoms with Crippen LogP contribution in [0.25, 0.3) is 11.4 Å². The molecule has 0 spiro atoms. The molecule has 7 heteroatoms. The maximum atomic E-state index is 11.8. The van der Waals surface area contributed by atoms with Gasteiger partial charge in [0.1, 0.15) is 6.33 Å². The second-order valence-electron chi connectivity index (χ2n) is 4.71. The van der Waals surface area contributed by atoms with Gasteiger partial charge in [-0.3, -0.25) is 4.68 Å². The summed E-state index contributed by atoms with van der Waals surface area (Å²) in [6.07, 6.45) is 1.65. The number of urea groups is 1. The number of hydrogen-bond acceptors (Lipinski definition) is 4. The first-order chi connectivity index (χ1) is 10.7. The van der Waals surface area contributed by atoms with E-state index in [9.17, 15) is 4.79 Å². The Kier molecular flexibility index (Phi) is 4.15. The van der Waals surface area contributed by atoms with E-state index in [1.54, 1.807) is 22.3 Å². The summed E-state index contributed by atoms with van der Waals surface area (Å²) in [5.74, 6) is 0.663. The van der Waals surface area contributed by atoms with E-state index >= 15 is 0 Å². The van der Waals surface area contributed by atoms with Gasteiger partial charge < -0.3 is 10.6 Å². The molecule has 6 nitrogen and oxygen atoms in total. The highest BCUT2D eigenvalue weighted by Gasteiger charge is 2.05. The molecule has 0 aliphatic carbocycles. The number of hydrogen-bond donors (Lipinski definition) is 2. The highest BCUT2D eigenvalue weighted by Crippen LogP contribution is 2.17. The maximum Gasteiger partial charge on any atom is 0.319 e. The fraction of sp³-hybridized carbons (Fsp3) is 0.133. The van der Waals surface area contributed by atoms with Crippen LogP contribution in [-0.2, 0) is 13.6 Å². The van der Waals surface area contributed by atoms with Crippen LogP contribution < -0.4 is 10.6 Å². The quantitative estimate of drug-likeness (QED) is 0.778. The summed E-state index contributed by atoms with van der Waals surface area (Å²) in [4.78, 5) is 17.1. The van der Waals surface area contributed by atoms with E-state index in [-0.39, 0.29) is 6.03 Å². The van der Waals surface area contributed by atoms with Crippen molar-refractivity contribution in [1.29, 1.82) is 0 Å². The summed E-state index contributed by atoms with van der Waals surface area (Å²) in [5, 5.41) is 11.8. The summed E-state index contributed by atoms with van der Waals surface area (Å²) < 4.78 is 1.65. The third-order valence-electron chi connectivity index (χ3n) is 3.00. The number of benzene rings is 1. The van der Waals surface area contributed by atoms with Crippen molar-refractivity contribution in [2.45, 2.75) is 6.54 Å². The van der Waals surface area contributed by atoms with Crippen LogP contribution in [0.3, 0.4) is 0 Å². The predicted octanol–water partition coefficient (Wildman–Crippen LogP) is 2.87. The van der Waals surface area contributed by atoms with E-state index < -0.39 is 0 Å². The molecule has 0 atom stereocenters. The smallest absolute Gasteiger partial charge is 0.319 e. The molecule has 2 amide bonds. The minimum Gasteiger partial charge on any atom is -0.333 e. The lowest BCUT2D eigenvalue weighted by Gasteiger charge is -2.07. The van der Waals surface area contributed by atoms with Gasteiger partial charge in [-0.05, 0) is 35.7 Å². The zero-order valence-electron chi connectivity index (χ0n) is 12.0. The first kappa shape index (κ1) is 14.3. The largest absolute Gasteiger partial charge is 0.333 e. The molecule has 0 aliphatic rings. The van der Waals surface area contributed by atoms with E-state index in [2.05, 4.69) is 20.7 Å². The summed E-state index contributed by atoms with van der Waals surface area (Å²) in [7, 11) is 1.82. The van der Waals surface area contributed by atoms with Crippen molar-refractivity contribution in [2.75, 3.05) is 5.32 Å². The van der Waals surface area contributed by atoms with E-state index in [4.69, 9.17) is 0 Å². The number of carbonyl (C=O) groups is 1. The van der Waals surface area contributed by atoms with E-state index in [1.807, 2.05) is 48.8 Å². The molecule has 2 N–H and O–H groups in total. The van der Waals surface area contributed by atoms with Gasteiger partial charge in [-0.25, -0.2) is 9.78 Å². The van der Waals surface area contributed by atoms with Gasteiger partial charge in [0, 0.05) is 23.2 Å². The highest BCUT2D eigenvalue weighted by atomic mass is 32.1. The lowest BCUT2D eigenvalue weighted by Crippen LogP contribution is -2.27. The molecule has 2 heterocycles. The Balaban J connectivity index is 1.57. The topological polar surface area (TPSA) is 71.8 Å². The number of aryl methyl sites for hydroxylation is 1. The van der Waals surface area contributed by atoms with Gasteiger partial charge in [-0.2, -0.15) is 5.10 Å². The number of rotatable bonds is 4. The van der Waals surface area contributed by atoms with Crippen LogP contribution in [0.1, 0.15) is 4.88 Å². The first-order valence-electron chi connectivity index (χ1n) is 6.74. The Morgan fingerprint density at radius 3 is 2.73 bits per heavy atom. The Bertz CT molecular complexity index is 749. The zero-order chi connectivity index (χ0) is 15.4. The summed E-state index contributed by atoms with van der Waals surface area (Å²) >= 11 is 1.61. The minimum absolute atomic E-state index is 0.225. The van der Waals surface area contributed by atoms with Crippen LogP contribution in [0.4, 0.5) is 10.5 Å². The van der Waals surface area contributed by atoms with Gasteiger partial charge in [0.2, 0.25) is 0 Å². The molecule has 112 valence electrons. The molecular formula is C15H15N5OS. The maximum absolute atomic E-state index is 11.8. The standard InChI is InChI=1S/C15H15N5OS/c1-20-10-17-14(19-20)11-4-6-12(7-5-11)18-15(21)16-9-13-3-2-8-22-13/h2-8,10H,9H2,1H3,(H2,16,18,21). The normalized spacial score (nSPS) is 10.4.